The summed E-state index contributed by atoms with van der Waals surface area (Å²) in [5.74, 6) is 0. The molecule has 0 rings (SSSR count). The summed E-state index contributed by atoms with van der Waals surface area (Å²) < 4.78 is 4.00. The van der Waals surface area contributed by atoms with Crippen LogP contribution in [0.25, 0.3) is 0 Å². The number of ether oxygens (including phenoxy) is 1. The van der Waals surface area contributed by atoms with Crippen molar-refractivity contribution in [3.63, 3.8) is 0 Å². The molecule has 0 atom stereocenters. The zero-order valence-corrected chi connectivity index (χ0v) is 9.22. The Kier molecular flexibility index (Phi) is 3480. The van der Waals surface area contributed by atoms with Gasteiger partial charge in [0.2, 0.25) is 0 Å². The van der Waals surface area contributed by atoms with Crippen LogP contribution in [0.2, 0.25) is 0 Å². The minimum Gasteiger partial charge on any atom is -0.557 e. The van der Waals surface area contributed by atoms with Crippen LogP contribution in [-0.4, -0.2) is 7.11 Å². The van der Waals surface area contributed by atoms with E-state index in [2.05, 4.69) is 11.8 Å². The fourth-order valence-electron chi connectivity index (χ4n) is 0. The predicted molar refractivity (Wildman–Crippen MR) is 12.4 cm³/mol. The Hall–Kier alpha value is -1.04. The molecular formula is C2H5ORf-. The average molecular weight is 312 g/mol. The molecule has 4 heavy (non-hydrogen) atoms. The molecule has 0 aliphatic carbocycles. The zero-order valence-electron chi connectivity index (χ0n) is 2.82. The Labute approximate surface area is 20.2 Å². The van der Waals surface area contributed by atoms with E-state index in [1.807, 2.05) is 0 Å². The van der Waals surface area contributed by atoms with Crippen molar-refractivity contribution in [2.45, 2.75) is 0 Å². The molecule has 0 amide bonds. The SMILES string of the molecule is [CH2-]OC.[Rf]. The summed E-state index contributed by atoms with van der Waals surface area (Å²) in [6.45, 7) is 0. The van der Waals surface area contributed by atoms with E-state index in [0.29, 0.717) is 0 Å². The van der Waals surface area contributed by atoms with Gasteiger partial charge in [-0.25, -0.2) is 7.11 Å². The first-order valence-electron chi connectivity index (χ1n) is 0.697. The fourth-order valence-corrected chi connectivity index (χ4v) is 0. The van der Waals surface area contributed by atoms with Gasteiger partial charge in [0.25, 0.3) is 0 Å². The Morgan fingerprint density at radius 3 is 1.75 bits per heavy atom. The first kappa shape index (κ1) is 12.3. The molecule has 1 nitrogen and oxygen atoms in total. The number of hydrogen-bond acceptors (Lipinski definition) is 1. The zero-order chi connectivity index (χ0) is 2.71. The molecule has 0 saturated carbocycles. The summed E-state index contributed by atoms with van der Waals surface area (Å²) in [7, 11) is 4.50. The monoisotopic (exact) mass is 312 g/mol. The average Bonchev–Trinajstić information content (AvgIpc) is 0.918. The summed E-state index contributed by atoms with van der Waals surface area (Å²) >= 11 is 0. The molecule has 0 aromatic heterocycles. The third kappa shape index (κ3) is 0.00142. The van der Waals surface area contributed by atoms with E-state index in [-0.39, 0.29) is 0 Å². The summed E-state index contributed by atoms with van der Waals surface area (Å²) in [6, 6.07) is 0. The Morgan fingerprint density at radius 2 is 1.75 bits per heavy atom. The summed E-state index contributed by atoms with van der Waals surface area (Å²) in [4.78, 5) is 0. The molecule has 0 radical (unpaired) electrons. The molecular weight excluding hydrogens is 307 g/mol. The van der Waals surface area contributed by atoms with Crippen LogP contribution >= 0.6 is 0 Å². The van der Waals surface area contributed by atoms with E-state index in [1.165, 1.54) is 7.11 Å². The first-order chi connectivity index (χ1) is 1.41. The van der Waals surface area contributed by atoms with E-state index in [1.54, 1.807) is 0 Å². The number of methoxy groups -OCH3 is 1. The summed E-state index contributed by atoms with van der Waals surface area (Å²) in [6.07, 6.45) is 0. The van der Waals surface area contributed by atoms with Crippen LogP contribution in [0, 0.1) is 7.11 Å². The van der Waals surface area contributed by atoms with E-state index in [0.717, 1.165) is 0 Å². The second-order valence-electron chi connectivity index (χ2n) is 0.289. The third-order valence-corrected chi connectivity index (χ3v) is 0. The standard InChI is InChI=1S/C2H5O.Rf/c1-3-2;/h1H2,2H3;/q-1;. The van der Waals surface area contributed by atoms with Gasteiger partial charge in [-0.15, -0.1) is 0 Å². The van der Waals surface area contributed by atoms with Crippen LogP contribution < -0.4 is 0 Å². The molecule has 0 N–H and O–H groups in total. The van der Waals surface area contributed by atoms with Gasteiger partial charge in [0, 0.05) is 0 Å². The van der Waals surface area contributed by atoms with Crippen LogP contribution in [0.3, 0.4) is 0 Å². The van der Waals surface area contributed by atoms with Crippen molar-refractivity contribution in [3.8, 4) is 0 Å². The van der Waals surface area contributed by atoms with Crippen LogP contribution in [0.15, 0.2) is 0 Å². The van der Waals surface area contributed by atoms with Gasteiger partial charge in [0.05, 0.1) is 0 Å². The molecule has 0 aromatic carbocycles. The molecule has 0 aliphatic rings. The largest absolute Gasteiger partial charge is 0.557 e. The summed E-state index contributed by atoms with van der Waals surface area (Å²) in [5.41, 5.74) is 0. The number of rotatable bonds is 0. The molecule has 0 unspecified atom stereocenters. The minimum absolute atomic E-state index is 0. The van der Waals surface area contributed by atoms with E-state index in [4.69, 9.17) is 0 Å². The number of hydrogen-bond donors (Lipinski definition) is 0. The maximum absolute atomic E-state index is 4.00. The van der Waals surface area contributed by atoms with Crippen LogP contribution in [-0.2, 0) is 4.74 Å². The second kappa shape index (κ2) is 1130. The van der Waals surface area contributed by atoms with Crippen molar-refractivity contribution in [2.75, 3.05) is 7.11 Å². The van der Waals surface area contributed by atoms with Crippen molar-refractivity contribution in [1.29, 1.82) is 0 Å². The van der Waals surface area contributed by atoms with E-state index < -0.39 is 0 Å². The van der Waals surface area contributed by atoms with Crippen molar-refractivity contribution in [3.05, 3.63) is 7.11 Å². The maximum atomic E-state index is 4.00. The van der Waals surface area contributed by atoms with Gasteiger partial charge < -0.3 is 4.74 Å². The molecule has 0 aliphatic heterocycles. The van der Waals surface area contributed by atoms with Gasteiger partial charge in [-0.05, 0) is 7.11 Å². The van der Waals surface area contributed by atoms with Gasteiger partial charge in [-0.2, -0.15) is 0 Å². The molecule has 2 heteroatoms. The van der Waals surface area contributed by atoms with Crippen LogP contribution in [0.1, 0.15) is 0 Å². The molecule has 0 spiro atoms. The van der Waals surface area contributed by atoms with Crippen molar-refractivity contribution in [2.24, 2.45) is 0 Å². The van der Waals surface area contributed by atoms with Crippen molar-refractivity contribution < 1.29 is 4.74 Å². The molecule has 22 valence electrons. The third-order valence-electron chi connectivity index (χ3n) is 0. The Morgan fingerprint density at radius 1 is 1.75 bits per heavy atom. The Bertz CT molecular complexity index is 6.00. The van der Waals surface area contributed by atoms with Gasteiger partial charge in [-0.1, -0.05) is 0 Å². The van der Waals surface area contributed by atoms with Gasteiger partial charge in [0.1, 0.15) is 0 Å². The van der Waals surface area contributed by atoms with Gasteiger partial charge >= 0.3 is 0 Å². The molecule has 0 fully saturated rings. The first-order valence-corrected chi connectivity index (χ1v) is 0.697. The smallest absolute Gasteiger partial charge is 0 e. The Balaban J connectivity index is 0. The van der Waals surface area contributed by atoms with Gasteiger partial charge in [0.15, 0.2) is 0 Å². The fraction of sp³-hybridized carbons (Fsp3) is 0.500. The predicted octanol–water partition coefficient (Wildman–Crippen LogP) is 0.424. The quantitative estimate of drug-likeness (QED) is 0.589. The molecule has 0 heterocycles. The van der Waals surface area contributed by atoms with Crippen molar-refractivity contribution in [1.82, 2.24) is 0 Å². The van der Waals surface area contributed by atoms with Crippen LogP contribution in [0.5, 0.6) is 0 Å². The van der Waals surface area contributed by atoms with Crippen molar-refractivity contribution >= 4 is 0 Å². The topological polar surface area (TPSA) is 9.23 Å². The maximum Gasteiger partial charge on any atom is 0 e. The summed E-state index contributed by atoms with van der Waals surface area (Å²) in [5, 5.41) is 0. The minimum atomic E-state index is 0. The van der Waals surface area contributed by atoms with Gasteiger partial charge in [-0.3, -0.25) is 0 Å². The second-order valence-corrected chi connectivity index (χ2v) is 0.289. The van der Waals surface area contributed by atoms with E-state index in [9.17, 15) is 0 Å². The molecule has 0 aromatic rings. The normalized spacial score (nSPS) is 4.50. The molecule has 0 saturated heterocycles. The van der Waals surface area contributed by atoms with E-state index >= 15 is 0 Å². The molecule has 0 bridgehead atoms. The van der Waals surface area contributed by atoms with Crippen LogP contribution in [0.4, 0.5) is 0 Å².